The van der Waals surface area contributed by atoms with Gasteiger partial charge in [-0.15, -0.1) is 0 Å². The molecule has 6 nitrogen and oxygen atoms in total. The van der Waals surface area contributed by atoms with E-state index in [-0.39, 0.29) is 18.2 Å². The van der Waals surface area contributed by atoms with E-state index in [0.29, 0.717) is 24.3 Å². The third-order valence-corrected chi connectivity index (χ3v) is 3.78. The third-order valence-electron chi connectivity index (χ3n) is 3.78. The fourth-order valence-electron chi connectivity index (χ4n) is 2.58. The van der Waals surface area contributed by atoms with Crippen LogP contribution in [0.15, 0.2) is 24.3 Å². The normalized spacial score (nSPS) is 21.7. The number of hydrogen-bond acceptors (Lipinski definition) is 4. The maximum Gasteiger partial charge on any atom is 0.322 e. The fourth-order valence-corrected chi connectivity index (χ4v) is 2.58. The van der Waals surface area contributed by atoms with Gasteiger partial charge < -0.3 is 20.7 Å². The molecule has 112 valence electrons. The van der Waals surface area contributed by atoms with E-state index in [1.54, 1.807) is 36.3 Å². The van der Waals surface area contributed by atoms with Crippen LogP contribution in [0.2, 0.25) is 0 Å². The smallest absolute Gasteiger partial charge is 0.322 e. The Labute approximate surface area is 124 Å². The number of rotatable bonds is 3. The van der Waals surface area contributed by atoms with E-state index in [1.165, 1.54) is 0 Å². The van der Waals surface area contributed by atoms with Crippen LogP contribution in [0.1, 0.15) is 18.4 Å². The van der Waals surface area contributed by atoms with Gasteiger partial charge >= 0.3 is 6.03 Å². The first-order chi connectivity index (χ1) is 10.2. The second-order valence-electron chi connectivity index (χ2n) is 5.09. The maximum atomic E-state index is 12.4. The van der Waals surface area contributed by atoms with Gasteiger partial charge in [0.15, 0.2) is 0 Å². The van der Waals surface area contributed by atoms with Crippen molar-refractivity contribution in [2.45, 2.75) is 25.0 Å². The van der Waals surface area contributed by atoms with Crippen molar-refractivity contribution in [2.24, 2.45) is 5.73 Å². The lowest BCUT2D eigenvalue weighted by Crippen LogP contribution is -2.52. The minimum Gasteiger partial charge on any atom is -0.381 e. The summed E-state index contributed by atoms with van der Waals surface area (Å²) < 4.78 is 5.35. The van der Waals surface area contributed by atoms with E-state index in [0.717, 1.165) is 12.8 Å². The Morgan fingerprint density at radius 1 is 1.62 bits per heavy atom. The number of nitrogens with zero attached hydrogens (tertiary/aromatic N) is 2. The van der Waals surface area contributed by atoms with Crippen molar-refractivity contribution < 1.29 is 9.53 Å². The number of nitriles is 1. The number of hydrogen-bond donors (Lipinski definition) is 2. The molecule has 0 spiro atoms. The first kappa shape index (κ1) is 15.3. The number of nitrogens with two attached hydrogens (primary N) is 1. The molecule has 1 aromatic rings. The molecule has 2 rings (SSSR count). The fraction of sp³-hybridized carbons (Fsp3) is 0.467. The van der Waals surface area contributed by atoms with E-state index in [1.807, 2.05) is 0 Å². The Morgan fingerprint density at radius 3 is 3.10 bits per heavy atom. The predicted octanol–water partition coefficient (Wildman–Crippen LogP) is 1.53. The molecule has 0 radical (unpaired) electrons. The Bertz CT molecular complexity index is 541. The highest BCUT2D eigenvalue weighted by atomic mass is 16.5. The Kier molecular flexibility index (Phi) is 5.14. The maximum absolute atomic E-state index is 12.4. The molecular weight excluding hydrogens is 268 g/mol. The van der Waals surface area contributed by atoms with Crippen LogP contribution in [0.25, 0.3) is 0 Å². The standard InChI is InChI=1S/C15H20N4O2/c1-21-14-5-6-19(13(8-14)10-17)15(20)18-12-4-2-3-11(7-12)9-16/h2-4,7,13-14H,5-6,8,10,17H2,1H3,(H,18,20). The highest BCUT2D eigenvalue weighted by Gasteiger charge is 2.30. The second kappa shape index (κ2) is 7.07. The second-order valence-corrected chi connectivity index (χ2v) is 5.09. The zero-order chi connectivity index (χ0) is 15.2. The summed E-state index contributed by atoms with van der Waals surface area (Å²) in [4.78, 5) is 14.1. The van der Waals surface area contributed by atoms with Crippen molar-refractivity contribution in [3.63, 3.8) is 0 Å². The van der Waals surface area contributed by atoms with Crippen molar-refractivity contribution >= 4 is 11.7 Å². The molecule has 1 aliphatic heterocycles. The van der Waals surface area contributed by atoms with Crippen LogP contribution >= 0.6 is 0 Å². The molecule has 1 aromatic carbocycles. The van der Waals surface area contributed by atoms with E-state index >= 15 is 0 Å². The van der Waals surface area contributed by atoms with Crippen molar-refractivity contribution in [3.05, 3.63) is 29.8 Å². The van der Waals surface area contributed by atoms with Gasteiger partial charge in [0.05, 0.1) is 17.7 Å². The summed E-state index contributed by atoms with van der Waals surface area (Å²) in [6, 6.07) is 8.69. The minimum absolute atomic E-state index is 0.0251. The summed E-state index contributed by atoms with van der Waals surface area (Å²) in [5.41, 5.74) is 6.90. The lowest BCUT2D eigenvalue weighted by molar-refractivity contribution is 0.0292. The first-order valence-electron chi connectivity index (χ1n) is 6.98. The van der Waals surface area contributed by atoms with Crippen LogP contribution < -0.4 is 11.1 Å². The molecule has 1 saturated heterocycles. The van der Waals surface area contributed by atoms with Crippen LogP contribution in [-0.4, -0.2) is 43.3 Å². The minimum atomic E-state index is -0.185. The van der Waals surface area contributed by atoms with Gasteiger partial charge in [0.2, 0.25) is 0 Å². The summed E-state index contributed by atoms with van der Waals surface area (Å²) in [7, 11) is 1.68. The van der Waals surface area contributed by atoms with Gasteiger partial charge in [0.25, 0.3) is 0 Å². The Hall–Kier alpha value is -2.10. The van der Waals surface area contributed by atoms with Crippen LogP contribution in [0.5, 0.6) is 0 Å². The van der Waals surface area contributed by atoms with Gasteiger partial charge in [0, 0.05) is 31.9 Å². The average Bonchev–Trinajstić information content (AvgIpc) is 2.54. The molecule has 1 fully saturated rings. The molecule has 0 bridgehead atoms. The third kappa shape index (κ3) is 3.72. The summed E-state index contributed by atoms with van der Waals surface area (Å²) >= 11 is 0. The van der Waals surface area contributed by atoms with E-state index in [9.17, 15) is 4.79 Å². The van der Waals surface area contributed by atoms with Gasteiger partial charge in [-0.1, -0.05) is 6.07 Å². The van der Waals surface area contributed by atoms with E-state index in [4.69, 9.17) is 15.7 Å². The van der Waals surface area contributed by atoms with Gasteiger partial charge in [-0.2, -0.15) is 5.26 Å². The molecule has 6 heteroatoms. The lowest BCUT2D eigenvalue weighted by atomic mass is 10.00. The van der Waals surface area contributed by atoms with Crippen molar-refractivity contribution in [1.29, 1.82) is 5.26 Å². The number of benzene rings is 1. The largest absolute Gasteiger partial charge is 0.381 e. The summed E-state index contributed by atoms with van der Waals surface area (Å²) in [6.07, 6.45) is 1.71. The molecule has 0 saturated carbocycles. The monoisotopic (exact) mass is 288 g/mol. The number of carbonyl (C=O) groups is 1. The molecule has 2 unspecified atom stereocenters. The summed E-state index contributed by atoms with van der Waals surface area (Å²) in [5.74, 6) is 0. The Morgan fingerprint density at radius 2 is 2.43 bits per heavy atom. The number of carbonyl (C=O) groups excluding carboxylic acids is 1. The number of piperidine rings is 1. The number of likely N-dealkylation sites (tertiary alicyclic amines) is 1. The number of urea groups is 1. The summed E-state index contributed by atoms with van der Waals surface area (Å²) in [6.45, 7) is 1.02. The quantitative estimate of drug-likeness (QED) is 0.882. The number of amides is 2. The van der Waals surface area contributed by atoms with Gasteiger partial charge in [-0.25, -0.2) is 4.79 Å². The molecule has 21 heavy (non-hydrogen) atoms. The van der Waals surface area contributed by atoms with Crippen molar-refractivity contribution in [2.75, 3.05) is 25.5 Å². The van der Waals surface area contributed by atoms with Gasteiger partial charge in [-0.3, -0.25) is 0 Å². The summed E-state index contributed by atoms with van der Waals surface area (Å²) in [5, 5.41) is 11.7. The van der Waals surface area contributed by atoms with Crippen molar-refractivity contribution in [3.8, 4) is 6.07 Å². The zero-order valence-electron chi connectivity index (χ0n) is 12.1. The molecule has 2 atom stereocenters. The predicted molar refractivity (Wildman–Crippen MR) is 79.8 cm³/mol. The molecule has 1 heterocycles. The number of methoxy groups -OCH3 is 1. The van der Waals surface area contributed by atoms with Gasteiger partial charge in [0.1, 0.15) is 0 Å². The van der Waals surface area contributed by atoms with E-state index < -0.39 is 0 Å². The Balaban J connectivity index is 2.03. The zero-order valence-corrected chi connectivity index (χ0v) is 12.1. The lowest BCUT2D eigenvalue weighted by Gasteiger charge is -2.38. The van der Waals surface area contributed by atoms with E-state index in [2.05, 4.69) is 11.4 Å². The number of nitrogens with one attached hydrogen (secondary N) is 1. The highest BCUT2D eigenvalue weighted by molar-refractivity contribution is 5.89. The van der Waals surface area contributed by atoms with Crippen LogP contribution in [0, 0.1) is 11.3 Å². The molecule has 0 aliphatic carbocycles. The number of ether oxygens (including phenoxy) is 1. The van der Waals surface area contributed by atoms with Crippen molar-refractivity contribution in [1.82, 2.24) is 4.90 Å². The SMILES string of the molecule is COC1CCN(C(=O)Nc2cccc(C#N)c2)C(CN)C1. The highest BCUT2D eigenvalue weighted by Crippen LogP contribution is 2.20. The molecular formula is C15H20N4O2. The van der Waals surface area contributed by atoms with Crippen LogP contribution in [0.4, 0.5) is 10.5 Å². The topological polar surface area (TPSA) is 91.4 Å². The number of anilines is 1. The van der Waals surface area contributed by atoms with Gasteiger partial charge in [-0.05, 0) is 31.0 Å². The molecule has 3 N–H and O–H groups in total. The van der Waals surface area contributed by atoms with Crippen LogP contribution in [0.3, 0.4) is 0 Å². The van der Waals surface area contributed by atoms with Crippen LogP contribution in [-0.2, 0) is 4.74 Å². The average molecular weight is 288 g/mol. The molecule has 1 aliphatic rings. The first-order valence-corrected chi connectivity index (χ1v) is 6.98. The molecule has 0 aromatic heterocycles. The molecule has 2 amide bonds.